The summed E-state index contributed by atoms with van der Waals surface area (Å²) in [6.45, 7) is 0. The lowest BCUT2D eigenvalue weighted by Crippen LogP contribution is -2.49. The van der Waals surface area contributed by atoms with E-state index in [4.69, 9.17) is 4.74 Å². The molecule has 5 nitrogen and oxygen atoms in total. The molecule has 6 heteroatoms. The van der Waals surface area contributed by atoms with E-state index < -0.39 is 10.2 Å². The maximum atomic E-state index is 11.3. The first kappa shape index (κ1) is 11.9. The lowest BCUT2D eigenvalue weighted by Gasteiger charge is -2.30. The third-order valence-corrected chi connectivity index (χ3v) is 3.73. The Hall–Kier alpha value is -0.170. The lowest BCUT2D eigenvalue weighted by atomic mass is 9.93. The van der Waals surface area contributed by atoms with Crippen molar-refractivity contribution in [2.75, 3.05) is 14.2 Å². The standard InChI is InChI=1S/C8H18N2O3S/c1-9-14(11,12)10-7-5-3-4-6-8(7)13-2/h7-10H,3-6H2,1-2H3/t7-,8-/m0/s1. The SMILES string of the molecule is CNS(=O)(=O)N[C@H]1CCCC[C@@H]1OC. The van der Waals surface area contributed by atoms with Gasteiger partial charge in [-0.15, -0.1) is 0 Å². The average Bonchev–Trinajstić information content (AvgIpc) is 2.18. The number of hydrogen-bond acceptors (Lipinski definition) is 3. The number of ether oxygens (including phenoxy) is 1. The van der Waals surface area contributed by atoms with Crippen molar-refractivity contribution in [2.45, 2.75) is 37.8 Å². The molecular weight excluding hydrogens is 204 g/mol. The quantitative estimate of drug-likeness (QED) is 0.703. The fourth-order valence-electron chi connectivity index (χ4n) is 1.77. The van der Waals surface area contributed by atoms with Crippen LogP contribution in [0, 0.1) is 0 Å². The molecule has 0 aliphatic heterocycles. The summed E-state index contributed by atoms with van der Waals surface area (Å²) in [6, 6.07) is -0.0915. The third-order valence-electron chi connectivity index (χ3n) is 2.58. The zero-order valence-electron chi connectivity index (χ0n) is 8.62. The predicted octanol–water partition coefficient (Wildman–Crippen LogP) is -0.00220. The smallest absolute Gasteiger partial charge is 0.276 e. The van der Waals surface area contributed by atoms with Crippen molar-refractivity contribution >= 4 is 10.2 Å². The molecule has 14 heavy (non-hydrogen) atoms. The van der Waals surface area contributed by atoms with Crippen LogP contribution in [-0.4, -0.2) is 34.7 Å². The highest BCUT2D eigenvalue weighted by Crippen LogP contribution is 2.20. The molecule has 1 fully saturated rings. The summed E-state index contributed by atoms with van der Waals surface area (Å²) in [6.07, 6.45) is 3.94. The second-order valence-electron chi connectivity index (χ2n) is 3.49. The maximum absolute atomic E-state index is 11.3. The van der Waals surface area contributed by atoms with Crippen LogP contribution in [0.5, 0.6) is 0 Å². The number of nitrogens with one attached hydrogen (secondary N) is 2. The molecule has 84 valence electrons. The molecule has 0 aromatic rings. The fraction of sp³-hybridized carbons (Fsp3) is 1.00. The van der Waals surface area contributed by atoms with E-state index in [-0.39, 0.29) is 12.1 Å². The predicted molar refractivity (Wildman–Crippen MR) is 54.2 cm³/mol. The van der Waals surface area contributed by atoms with Crippen molar-refractivity contribution in [1.29, 1.82) is 0 Å². The van der Waals surface area contributed by atoms with Gasteiger partial charge in [-0.05, 0) is 12.8 Å². The molecular formula is C8H18N2O3S. The van der Waals surface area contributed by atoms with Crippen LogP contribution in [0.4, 0.5) is 0 Å². The van der Waals surface area contributed by atoms with E-state index >= 15 is 0 Å². The highest BCUT2D eigenvalue weighted by Gasteiger charge is 2.27. The first-order valence-corrected chi connectivity index (χ1v) is 6.31. The van der Waals surface area contributed by atoms with E-state index in [1.54, 1.807) is 7.11 Å². The van der Waals surface area contributed by atoms with Gasteiger partial charge in [-0.25, -0.2) is 4.72 Å². The van der Waals surface area contributed by atoms with E-state index in [2.05, 4.69) is 9.44 Å². The second kappa shape index (κ2) is 5.06. The van der Waals surface area contributed by atoms with Crippen molar-refractivity contribution < 1.29 is 13.2 Å². The molecule has 0 aromatic carbocycles. The van der Waals surface area contributed by atoms with Gasteiger partial charge < -0.3 is 4.74 Å². The molecule has 1 rings (SSSR count). The second-order valence-corrected chi connectivity index (χ2v) is 5.14. The van der Waals surface area contributed by atoms with Crippen LogP contribution >= 0.6 is 0 Å². The van der Waals surface area contributed by atoms with Gasteiger partial charge in [0.05, 0.1) is 6.10 Å². The normalized spacial score (nSPS) is 29.0. The Balaban J connectivity index is 2.57. The molecule has 0 saturated heterocycles. The van der Waals surface area contributed by atoms with Crippen LogP contribution in [-0.2, 0) is 14.9 Å². The van der Waals surface area contributed by atoms with Gasteiger partial charge in [0.1, 0.15) is 0 Å². The molecule has 1 aliphatic rings. The third kappa shape index (κ3) is 3.20. The minimum absolute atomic E-state index is 0.00637. The summed E-state index contributed by atoms with van der Waals surface area (Å²) < 4.78 is 32.6. The molecule has 1 saturated carbocycles. The highest BCUT2D eigenvalue weighted by molar-refractivity contribution is 7.87. The maximum Gasteiger partial charge on any atom is 0.276 e. The largest absolute Gasteiger partial charge is 0.380 e. The van der Waals surface area contributed by atoms with Gasteiger partial charge in [0, 0.05) is 20.2 Å². The molecule has 0 unspecified atom stereocenters. The number of methoxy groups -OCH3 is 1. The van der Waals surface area contributed by atoms with Gasteiger partial charge in [0.15, 0.2) is 0 Å². The molecule has 0 heterocycles. The minimum Gasteiger partial charge on any atom is -0.380 e. The minimum atomic E-state index is -3.34. The summed E-state index contributed by atoms with van der Waals surface area (Å²) in [7, 11) is -0.325. The van der Waals surface area contributed by atoms with E-state index in [9.17, 15) is 8.42 Å². The van der Waals surface area contributed by atoms with Crippen molar-refractivity contribution in [3.05, 3.63) is 0 Å². The van der Waals surface area contributed by atoms with E-state index in [0.29, 0.717) is 0 Å². The monoisotopic (exact) mass is 222 g/mol. The molecule has 2 N–H and O–H groups in total. The summed E-state index contributed by atoms with van der Waals surface area (Å²) in [5.74, 6) is 0. The van der Waals surface area contributed by atoms with Crippen LogP contribution < -0.4 is 9.44 Å². The first-order valence-electron chi connectivity index (χ1n) is 4.82. The van der Waals surface area contributed by atoms with Crippen molar-refractivity contribution in [3.8, 4) is 0 Å². The Morgan fingerprint density at radius 3 is 2.50 bits per heavy atom. The van der Waals surface area contributed by atoms with Crippen molar-refractivity contribution in [2.24, 2.45) is 0 Å². The number of rotatable bonds is 4. The van der Waals surface area contributed by atoms with Gasteiger partial charge in [0.2, 0.25) is 0 Å². The fourth-order valence-corrected chi connectivity index (χ4v) is 2.56. The molecule has 0 aromatic heterocycles. The Labute approximate surface area is 85.4 Å². The molecule has 0 radical (unpaired) electrons. The topological polar surface area (TPSA) is 67.4 Å². The molecule has 0 spiro atoms. The van der Waals surface area contributed by atoms with Crippen LogP contribution in [0.3, 0.4) is 0 Å². The van der Waals surface area contributed by atoms with E-state index in [0.717, 1.165) is 25.7 Å². The van der Waals surface area contributed by atoms with Gasteiger partial charge in [-0.2, -0.15) is 13.1 Å². The van der Waals surface area contributed by atoms with Crippen LogP contribution in [0.2, 0.25) is 0 Å². The Morgan fingerprint density at radius 1 is 1.29 bits per heavy atom. The van der Waals surface area contributed by atoms with Gasteiger partial charge in [0.25, 0.3) is 10.2 Å². The zero-order valence-corrected chi connectivity index (χ0v) is 9.43. The summed E-state index contributed by atoms with van der Waals surface area (Å²) in [5.41, 5.74) is 0. The summed E-state index contributed by atoms with van der Waals surface area (Å²) in [4.78, 5) is 0. The summed E-state index contributed by atoms with van der Waals surface area (Å²) >= 11 is 0. The van der Waals surface area contributed by atoms with Crippen LogP contribution in [0.25, 0.3) is 0 Å². The van der Waals surface area contributed by atoms with Crippen molar-refractivity contribution in [1.82, 2.24) is 9.44 Å². The van der Waals surface area contributed by atoms with Gasteiger partial charge >= 0.3 is 0 Å². The first-order chi connectivity index (χ1) is 6.59. The molecule has 0 bridgehead atoms. The van der Waals surface area contributed by atoms with E-state index in [1.165, 1.54) is 7.05 Å². The van der Waals surface area contributed by atoms with Gasteiger partial charge in [-0.3, -0.25) is 0 Å². The Kier molecular flexibility index (Phi) is 4.31. The average molecular weight is 222 g/mol. The highest BCUT2D eigenvalue weighted by atomic mass is 32.2. The van der Waals surface area contributed by atoms with Crippen LogP contribution in [0.15, 0.2) is 0 Å². The zero-order chi connectivity index (χ0) is 10.6. The molecule has 2 atom stereocenters. The summed E-state index contributed by atoms with van der Waals surface area (Å²) in [5, 5.41) is 0. The molecule has 1 aliphatic carbocycles. The Bertz CT molecular complexity index is 266. The van der Waals surface area contributed by atoms with Crippen molar-refractivity contribution in [3.63, 3.8) is 0 Å². The number of hydrogen-bond donors (Lipinski definition) is 2. The Morgan fingerprint density at radius 2 is 1.93 bits per heavy atom. The lowest BCUT2D eigenvalue weighted by molar-refractivity contribution is 0.0492. The molecule has 0 amide bonds. The van der Waals surface area contributed by atoms with Crippen LogP contribution in [0.1, 0.15) is 25.7 Å². The van der Waals surface area contributed by atoms with Gasteiger partial charge in [-0.1, -0.05) is 12.8 Å². The van der Waals surface area contributed by atoms with E-state index in [1.807, 2.05) is 0 Å².